The van der Waals surface area contributed by atoms with Crippen LogP contribution in [0.4, 0.5) is 0 Å². The summed E-state index contributed by atoms with van der Waals surface area (Å²) in [5.41, 5.74) is 0. The number of unbranched alkanes of at least 4 members (excludes halogenated alkanes) is 1. The number of ether oxygens (including phenoxy) is 2. The first-order valence-corrected chi connectivity index (χ1v) is 22.0. The lowest BCUT2D eigenvalue weighted by molar-refractivity contribution is -0.161. The number of carbonyl (C=O) groups excluding carboxylic acids is 2. The van der Waals surface area contributed by atoms with Gasteiger partial charge in [-0.25, -0.2) is 4.57 Å². The Labute approximate surface area is 339 Å². The van der Waals surface area contributed by atoms with E-state index in [1.165, 1.54) is 0 Å². The van der Waals surface area contributed by atoms with E-state index in [2.05, 4.69) is 129 Å². The molecule has 0 fully saturated rings. The molecule has 8 nitrogen and oxygen atoms in total. The number of hydrogen-bond acceptors (Lipinski definition) is 7. The Hall–Kier alpha value is -3.81. The lowest BCUT2D eigenvalue weighted by Crippen LogP contribution is -2.29. The third-order valence-electron chi connectivity index (χ3n) is 7.47. The smallest absolute Gasteiger partial charge is 0.462 e. The molecule has 0 spiro atoms. The van der Waals surface area contributed by atoms with Crippen LogP contribution in [0, 0.1) is 0 Å². The number of rotatable bonds is 35. The Morgan fingerprint density at radius 2 is 0.857 bits per heavy atom. The molecule has 0 radical (unpaired) electrons. The molecule has 56 heavy (non-hydrogen) atoms. The van der Waals surface area contributed by atoms with Crippen LogP contribution in [-0.2, 0) is 32.7 Å². The molecule has 0 aliphatic heterocycles. The summed E-state index contributed by atoms with van der Waals surface area (Å²) in [6, 6.07) is 0. The molecule has 2 unspecified atom stereocenters. The van der Waals surface area contributed by atoms with Gasteiger partial charge in [0.05, 0.1) is 13.2 Å². The molecule has 9 heteroatoms. The molecular weight excluding hydrogens is 723 g/mol. The fourth-order valence-corrected chi connectivity index (χ4v) is 5.33. The predicted molar refractivity (Wildman–Crippen MR) is 234 cm³/mol. The van der Waals surface area contributed by atoms with Crippen molar-refractivity contribution in [3.8, 4) is 0 Å². The van der Waals surface area contributed by atoms with Crippen LogP contribution in [-0.4, -0.2) is 42.8 Å². The van der Waals surface area contributed by atoms with Crippen molar-refractivity contribution in [2.24, 2.45) is 0 Å². The van der Waals surface area contributed by atoms with Gasteiger partial charge in [-0.3, -0.25) is 18.6 Å². The Bertz CT molecular complexity index is 1360. The monoisotopic (exact) mass is 794 g/mol. The molecule has 0 aliphatic rings. The number of phosphoric ester groups is 1. The maximum absolute atomic E-state index is 12.5. The number of phosphoric acid groups is 1. The molecule has 2 atom stereocenters. The van der Waals surface area contributed by atoms with Crippen LogP contribution in [0.1, 0.15) is 124 Å². The summed E-state index contributed by atoms with van der Waals surface area (Å²) in [5.74, 6) is -0.981. The summed E-state index contributed by atoms with van der Waals surface area (Å²) in [6.45, 7) is 5.05. The molecule has 0 rings (SSSR count). The summed E-state index contributed by atoms with van der Waals surface area (Å²) in [7, 11) is -4.32. The quantitative estimate of drug-likeness (QED) is 0.0292. The first-order chi connectivity index (χ1) is 27.3. The summed E-state index contributed by atoms with van der Waals surface area (Å²) < 4.78 is 32.4. The highest BCUT2D eigenvalue weighted by Crippen LogP contribution is 2.43. The number of esters is 2. The average Bonchev–Trinajstić information content (AvgIpc) is 3.18. The second kappa shape index (κ2) is 40.8. The van der Waals surface area contributed by atoms with Gasteiger partial charge in [-0.15, -0.1) is 0 Å². The number of allylic oxidation sites excluding steroid dienone is 22. The highest BCUT2D eigenvalue weighted by molar-refractivity contribution is 7.47. The second-order valence-corrected chi connectivity index (χ2v) is 14.0. The predicted octanol–water partition coefficient (Wildman–Crippen LogP) is 13.0. The van der Waals surface area contributed by atoms with Crippen molar-refractivity contribution < 1.29 is 37.6 Å². The van der Waals surface area contributed by atoms with E-state index in [9.17, 15) is 19.0 Å². The van der Waals surface area contributed by atoms with Crippen LogP contribution in [0.15, 0.2) is 134 Å². The zero-order chi connectivity index (χ0) is 41.1. The molecule has 0 aromatic rings. The zero-order valence-electron chi connectivity index (χ0n) is 34.5. The molecule has 0 heterocycles. The second-order valence-electron chi connectivity index (χ2n) is 12.5. The van der Waals surface area contributed by atoms with Gasteiger partial charge in [-0.2, -0.15) is 0 Å². The van der Waals surface area contributed by atoms with Crippen LogP contribution in [0.25, 0.3) is 0 Å². The van der Waals surface area contributed by atoms with Crippen molar-refractivity contribution in [2.45, 2.75) is 130 Å². The highest BCUT2D eigenvalue weighted by atomic mass is 31.2. The van der Waals surface area contributed by atoms with Crippen molar-refractivity contribution >= 4 is 19.8 Å². The standard InChI is InChI=1S/C47H71O8P/c1-4-7-9-11-13-15-17-19-21-23-24-26-28-30-32-34-36-38-40-42-47(49)55-45(44-54-56(50,51)53-6-3)43-52-46(48)41-39-37-35-33-31-29-27-25-22-20-18-16-14-12-10-8-5-2/h7-10,13-16,19-22,24,26-27,29-30,32-33,35-36,38,45H,4-6,11-12,17-18,23,25,28,31,34,37,39-44H2,1-3H3,(H,50,51)/b9-7-,10-8-,15-13-,16-14-,21-19-,22-20-,26-24-,29-27-,32-30-,35-33-,38-36-. The normalized spacial score (nSPS) is 14.7. The molecule has 0 bridgehead atoms. The van der Waals surface area contributed by atoms with Crippen molar-refractivity contribution in [1.29, 1.82) is 0 Å². The molecule has 0 aromatic carbocycles. The van der Waals surface area contributed by atoms with E-state index >= 15 is 0 Å². The van der Waals surface area contributed by atoms with Gasteiger partial charge < -0.3 is 14.4 Å². The fourth-order valence-electron chi connectivity index (χ4n) is 4.57. The molecule has 0 saturated carbocycles. The van der Waals surface area contributed by atoms with Gasteiger partial charge in [0.2, 0.25) is 0 Å². The van der Waals surface area contributed by atoms with E-state index in [-0.39, 0.29) is 26.1 Å². The Kier molecular flexibility index (Phi) is 38.1. The van der Waals surface area contributed by atoms with E-state index < -0.39 is 32.5 Å². The number of carbonyl (C=O) groups is 2. The minimum absolute atomic E-state index is 0.0307. The van der Waals surface area contributed by atoms with Gasteiger partial charge in [-0.1, -0.05) is 148 Å². The Balaban J connectivity index is 4.38. The van der Waals surface area contributed by atoms with E-state index in [0.29, 0.717) is 12.8 Å². The minimum Gasteiger partial charge on any atom is -0.462 e. The number of hydrogen-bond donors (Lipinski definition) is 1. The topological polar surface area (TPSA) is 108 Å². The molecule has 0 amide bonds. The van der Waals surface area contributed by atoms with Gasteiger partial charge in [0.15, 0.2) is 6.10 Å². The zero-order valence-corrected chi connectivity index (χ0v) is 35.4. The van der Waals surface area contributed by atoms with Crippen LogP contribution >= 0.6 is 7.82 Å². The Morgan fingerprint density at radius 1 is 0.482 bits per heavy atom. The molecule has 0 aliphatic carbocycles. The highest BCUT2D eigenvalue weighted by Gasteiger charge is 2.25. The van der Waals surface area contributed by atoms with Crippen LogP contribution in [0.2, 0.25) is 0 Å². The van der Waals surface area contributed by atoms with Gasteiger partial charge in [0.25, 0.3) is 0 Å². The van der Waals surface area contributed by atoms with E-state index in [0.717, 1.165) is 77.0 Å². The average molecular weight is 795 g/mol. The van der Waals surface area contributed by atoms with Crippen molar-refractivity contribution in [1.82, 2.24) is 0 Å². The third-order valence-corrected chi connectivity index (χ3v) is 8.53. The Morgan fingerprint density at radius 3 is 1.25 bits per heavy atom. The van der Waals surface area contributed by atoms with Gasteiger partial charge >= 0.3 is 19.8 Å². The summed E-state index contributed by atoms with van der Waals surface area (Å²) in [4.78, 5) is 34.7. The van der Waals surface area contributed by atoms with Gasteiger partial charge in [-0.05, 0) is 96.8 Å². The molecule has 312 valence electrons. The van der Waals surface area contributed by atoms with Crippen LogP contribution in [0.5, 0.6) is 0 Å². The van der Waals surface area contributed by atoms with E-state index in [1.807, 2.05) is 18.2 Å². The lowest BCUT2D eigenvalue weighted by atomic mass is 10.2. The van der Waals surface area contributed by atoms with Gasteiger partial charge in [0.1, 0.15) is 6.61 Å². The minimum atomic E-state index is -4.32. The first kappa shape index (κ1) is 52.2. The molecular formula is C47H71O8P. The lowest BCUT2D eigenvalue weighted by Gasteiger charge is -2.19. The van der Waals surface area contributed by atoms with Crippen LogP contribution in [0.3, 0.4) is 0 Å². The van der Waals surface area contributed by atoms with Gasteiger partial charge in [0, 0.05) is 12.8 Å². The van der Waals surface area contributed by atoms with Crippen LogP contribution < -0.4 is 0 Å². The van der Waals surface area contributed by atoms with Crippen molar-refractivity contribution in [2.75, 3.05) is 19.8 Å². The first-order valence-electron chi connectivity index (χ1n) is 20.5. The maximum Gasteiger partial charge on any atom is 0.472 e. The SMILES string of the molecule is CC/C=C\C/C=C\C/C=C\C/C=C\C/C=C\C/C=C\CCC(=O)OC(COC(=O)CCC/C=C\C/C=C\C/C=C\C/C=C\C/C=C\CC)COP(=O)(O)OCC. The van der Waals surface area contributed by atoms with Crippen molar-refractivity contribution in [3.05, 3.63) is 134 Å². The molecule has 0 saturated heterocycles. The molecule has 1 N–H and O–H groups in total. The summed E-state index contributed by atoms with van der Waals surface area (Å²) in [6.07, 6.45) is 58.1. The third kappa shape index (κ3) is 39.9. The fraction of sp³-hybridized carbons (Fsp3) is 0.489. The summed E-state index contributed by atoms with van der Waals surface area (Å²) in [5, 5.41) is 0. The van der Waals surface area contributed by atoms with Crippen molar-refractivity contribution in [3.63, 3.8) is 0 Å². The van der Waals surface area contributed by atoms with E-state index in [1.54, 1.807) is 6.92 Å². The summed E-state index contributed by atoms with van der Waals surface area (Å²) >= 11 is 0. The molecule has 0 aromatic heterocycles. The largest absolute Gasteiger partial charge is 0.472 e. The van der Waals surface area contributed by atoms with E-state index in [4.69, 9.17) is 18.5 Å². The maximum atomic E-state index is 12.5.